The van der Waals surface area contributed by atoms with Crippen LogP contribution in [-0.2, 0) is 4.79 Å². The van der Waals surface area contributed by atoms with Crippen LogP contribution in [0.5, 0.6) is 5.75 Å². The van der Waals surface area contributed by atoms with Crippen LogP contribution < -0.4 is 4.74 Å². The minimum absolute atomic E-state index is 0.225. The van der Waals surface area contributed by atoms with Crippen LogP contribution in [-0.4, -0.2) is 23.9 Å². The van der Waals surface area contributed by atoms with Crippen LogP contribution in [0.4, 0.5) is 4.39 Å². The van der Waals surface area contributed by atoms with E-state index >= 15 is 0 Å². The second-order valence-electron chi connectivity index (χ2n) is 6.95. The lowest BCUT2D eigenvalue weighted by Crippen LogP contribution is -2.20. The van der Waals surface area contributed by atoms with Crippen molar-refractivity contribution in [3.63, 3.8) is 0 Å². The lowest BCUT2D eigenvalue weighted by Gasteiger charge is -2.26. The molecule has 3 nitrogen and oxygen atoms in total. The van der Waals surface area contributed by atoms with Crippen LogP contribution in [0, 0.1) is 6.92 Å². The highest BCUT2D eigenvalue weighted by atomic mass is 19.1. The number of methoxy groups -OCH3 is 1. The maximum Gasteiger partial charge on any atom is 0.335 e. The molecule has 1 aliphatic rings. The van der Waals surface area contributed by atoms with E-state index in [0.29, 0.717) is 25.0 Å². The monoisotopic (exact) mass is 358 g/mol. The molecule has 2 rings (SSSR count). The Bertz CT molecular complexity index is 770. The van der Waals surface area contributed by atoms with Gasteiger partial charge in [0.1, 0.15) is 11.4 Å². The fraction of sp³-hybridized carbons (Fsp3) is 0.409. The fourth-order valence-electron chi connectivity index (χ4n) is 3.08. The van der Waals surface area contributed by atoms with E-state index in [1.807, 2.05) is 38.1 Å². The zero-order valence-corrected chi connectivity index (χ0v) is 15.9. The Morgan fingerprint density at radius 3 is 2.69 bits per heavy atom. The Kier molecular flexibility index (Phi) is 6.41. The van der Waals surface area contributed by atoms with E-state index in [9.17, 15) is 14.3 Å². The molecule has 4 heteroatoms. The maximum absolute atomic E-state index is 14.1. The Balaban J connectivity index is 2.53. The van der Waals surface area contributed by atoms with Crippen LogP contribution in [0.25, 0.3) is 11.6 Å². The molecule has 1 aromatic rings. The Hall–Kier alpha value is -2.36. The summed E-state index contributed by atoms with van der Waals surface area (Å²) in [4.78, 5) is 11.5. The number of allylic oxidation sites excluding steroid dienone is 3. The van der Waals surface area contributed by atoms with Gasteiger partial charge in [-0.15, -0.1) is 0 Å². The van der Waals surface area contributed by atoms with Crippen LogP contribution in [0.2, 0.25) is 0 Å². The summed E-state index contributed by atoms with van der Waals surface area (Å²) in [7, 11) is 1.59. The number of carboxylic acid groups (broad SMARTS) is 1. The van der Waals surface area contributed by atoms with E-state index in [2.05, 4.69) is 0 Å². The number of rotatable bonds is 6. The van der Waals surface area contributed by atoms with E-state index in [4.69, 9.17) is 4.74 Å². The number of hydrogen-bond acceptors (Lipinski definition) is 2. The van der Waals surface area contributed by atoms with Gasteiger partial charge in [0.15, 0.2) is 0 Å². The van der Waals surface area contributed by atoms with E-state index in [1.54, 1.807) is 26.2 Å². The number of alkyl halides is 1. The first-order valence-corrected chi connectivity index (χ1v) is 8.96. The highest BCUT2D eigenvalue weighted by molar-refractivity contribution is 5.96. The summed E-state index contributed by atoms with van der Waals surface area (Å²) in [5.41, 5.74) is 2.93. The van der Waals surface area contributed by atoms with E-state index in [0.717, 1.165) is 28.7 Å². The van der Waals surface area contributed by atoms with E-state index in [1.165, 1.54) is 0 Å². The standard InChI is InChI=1S/C22H27FO3/c1-5-6-7-17(21(24)25)12-18-13-19(26-4)14-20(15(18)2)16-8-10-22(3,23)11-9-16/h6-8,12-14H,5,9-11H2,1-4H3,(H,24,25)/b7-6+,17-12+. The van der Waals surface area contributed by atoms with Gasteiger partial charge in [-0.25, -0.2) is 9.18 Å². The summed E-state index contributed by atoms with van der Waals surface area (Å²) in [5.74, 6) is -0.306. The van der Waals surface area contributed by atoms with Crippen molar-refractivity contribution in [3.8, 4) is 5.75 Å². The van der Waals surface area contributed by atoms with Gasteiger partial charge in [-0.05, 0) is 80.0 Å². The zero-order chi connectivity index (χ0) is 19.3. The van der Waals surface area contributed by atoms with Crippen molar-refractivity contribution in [2.24, 2.45) is 0 Å². The molecule has 1 atom stereocenters. The molecule has 1 aliphatic carbocycles. The quantitative estimate of drug-likeness (QED) is 0.521. The molecule has 26 heavy (non-hydrogen) atoms. The molecule has 0 saturated carbocycles. The molecular formula is C22H27FO3. The molecule has 1 aromatic carbocycles. The molecule has 0 saturated heterocycles. The van der Waals surface area contributed by atoms with Crippen molar-refractivity contribution < 1.29 is 19.0 Å². The van der Waals surface area contributed by atoms with E-state index in [-0.39, 0.29) is 5.57 Å². The number of carbonyl (C=O) groups is 1. The summed E-state index contributed by atoms with van der Waals surface area (Å²) >= 11 is 0. The summed E-state index contributed by atoms with van der Waals surface area (Å²) in [5, 5.41) is 9.45. The van der Waals surface area contributed by atoms with Gasteiger partial charge in [0, 0.05) is 0 Å². The normalized spacial score (nSPS) is 21.0. The highest BCUT2D eigenvalue weighted by Crippen LogP contribution is 2.38. The molecule has 0 amide bonds. The zero-order valence-electron chi connectivity index (χ0n) is 15.9. The summed E-state index contributed by atoms with van der Waals surface area (Å²) < 4.78 is 19.5. The predicted octanol–water partition coefficient (Wildman–Crippen LogP) is 5.73. The summed E-state index contributed by atoms with van der Waals surface area (Å²) in [6, 6.07) is 3.78. The second-order valence-corrected chi connectivity index (χ2v) is 6.95. The molecule has 0 bridgehead atoms. The Morgan fingerprint density at radius 1 is 1.42 bits per heavy atom. The first-order valence-electron chi connectivity index (χ1n) is 8.96. The maximum atomic E-state index is 14.1. The minimum atomic E-state index is -1.15. The van der Waals surface area contributed by atoms with Crippen molar-refractivity contribution in [1.82, 2.24) is 0 Å². The van der Waals surface area contributed by atoms with Gasteiger partial charge in [0.25, 0.3) is 0 Å². The second kappa shape index (κ2) is 8.35. The topological polar surface area (TPSA) is 46.5 Å². The van der Waals surface area contributed by atoms with Crippen LogP contribution in [0.1, 0.15) is 56.2 Å². The molecule has 0 aromatic heterocycles. The first-order chi connectivity index (χ1) is 12.3. The fourth-order valence-corrected chi connectivity index (χ4v) is 3.08. The third-order valence-corrected chi connectivity index (χ3v) is 4.78. The third-order valence-electron chi connectivity index (χ3n) is 4.78. The summed E-state index contributed by atoms with van der Waals surface area (Å²) in [6.07, 6.45) is 9.36. The molecule has 1 unspecified atom stereocenters. The van der Waals surface area contributed by atoms with Gasteiger partial charge in [-0.1, -0.05) is 25.2 Å². The van der Waals surface area contributed by atoms with Crippen LogP contribution >= 0.6 is 0 Å². The summed E-state index contributed by atoms with van der Waals surface area (Å²) in [6.45, 7) is 5.55. The van der Waals surface area contributed by atoms with Gasteiger partial charge in [0.2, 0.25) is 0 Å². The van der Waals surface area contributed by atoms with Gasteiger partial charge in [0.05, 0.1) is 12.7 Å². The Labute approximate surface area is 154 Å². The van der Waals surface area contributed by atoms with E-state index < -0.39 is 11.6 Å². The number of aliphatic carboxylic acids is 1. The molecular weight excluding hydrogens is 331 g/mol. The van der Waals surface area contributed by atoms with Crippen molar-refractivity contribution in [3.05, 3.63) is 52.6 Å². The number of ether oxygens (including phenoxy) is 1. The van der Waals surface area contributed by atoms with Gasteiger partial charge in [-0.2, -0.15) is 0 Å². The average Bonchev–Trinajstić information content (AvgIpc) is 2.60. The van der Waals surface area contributed by atoms with Crippen molar-refractivity contribution in [1.29, 1.82) is 0 Å². The lowest BCUT2D eigenvalue weighted by molar-refractivity contribution is -0.132. The smallest absolute Gasteiger partial charge is 0.335 e. The van der Waals surface area contributed by atoms with Gasteiger partial charge < -0.3 is 9.84 Å². The lowest BCUT2D eigenvalue weighted by atomic mass is 9.83. The van der Waals surface area contributed by atoms with Gasteiger partial charge in [-0.3, -0.25) is 0 Å². The first kappa shape index (κ1) is 20.0. The van der Waals surface area contributed by atoms with Crippen molar-refractivity contribution in [2.45, 2.75) is 52.1 Å². The van der Waals surface area contributed by atoms with Crippen LogP contribution in [0.3, 0.4) is 0 Å². The molecule has 0 aliphatic heterocycles. The molecule has 140 valence electrons. The van der Waals surface area contributed by atoms with Gasteiger partial charge >= 0.3 is 5.97 Å². The Morgan fingerprint density at radius 2 is 2.15 bits per heavy atom. The highest BCUT2D eigenvalue weighted by Gasteiger charge is 2.27. The largest absolute Gasteiger partial charge is 0.497 e. The number of halogens is 1. The number of benzene rings is 1. The van der Waals surface area contributed by atoms with Crippen LogP contribution in [0.15, 0.2) is 35.9 Å². The average molecular weight is 358 g/mol. The van der Waals surface area contributed by atoms with Crippen molar-refractivity contribution >= 4 is 17.6 Å². The number of hydrogen-bond donors (Lipinski definition) is 1. The minimum Gasteiger partial charge on any atom is -0.497 e. The third kappa shape index (κ3) is 4.84. The molecule has 1 N–H and O–H groups in total. The number of carboxylic acids is 1. The molecule has 0 fully saturated rings. The van der Waals surface area contributed by atoms with Crippen molar-refractivity contribution in [2.75, 3.05) is 7.11 Å². The SMILES string of the molecule is CC/C=C/C(=C\c1cc(OC)cc(C2=CCC(C)(F)CC2)c1C)C(=O)O. The predicted molar refractivity (Wildman–Crippen MR) is 104 cm³/mol. The molecule has 0 radical (unpaired) electrons. The molecule has 0 heterocycles. The molecule has 0 spiro atoms.